The van der Waals surface area contributed by atoms with Gasteiger partial charge in [0.2, 0.25) is 5.91 Å². The number of hydrogen-bond donors (Lipinski definition) is 2. The van der Waals surface area contributed by atoms with Gasteiger partial charge in [0.25, 0.3) is 0 Å². The molecule has 3 N–H and O–H groups in total. The summed E-state index contributed by atoms with van der Waals surface area (Å²) in [4.78, 5) is 13.2. The van der Waals surface area contributed by atoms with Crippen LogP contribution >= 0.6 is 28.7 Å². The molecule has 0 saturated heterocycles. The second-order valence-electron chi connectivity index (χ2n) is 4.46. The van der Waals surface area contributed by atoms with Gasteiger partial charge in [0.05, 0.1) is 10.9 Å². The Labute approximate surface area is 132 Å². The van der Waals surface area contributed by atoms with Crippen molar-refractivity contribution in [2.45, 2.75) is 16.2 Å². The maximum Gasteiger partial charge on any atom is 0.242 e. The number of benzene rings is 2. The second kappa shape index (κ2) is 6.43. The first kappa shape index (κ1) is 15.1. The fourth-order valence-electron chi connectivity index (χ4n) is 2.15. The Morgan fingerprint density at radius 2 is 1.65 bits per heavy atom. The molecule has 0 aromatic heterocycles. The third kappa shape index (κ3) is 2.90. The zero-order valence-electron chi connectivity index (χ0n) is 10.7. The Kier molecular flexibility index (Phi) is 4.86. The molecule has 3 rings (SSSR count). The zero-order chi connectivity index (χ0) is 13.2. The molecule has 0 saturated carbocycles. The average Bonchev–Trinajstić information content (AvgIpc) is 2.58. The van der Waals surface area contributed by atoms with Crippen LogP contribution in [0.15, 0.2) is 59.5 Å². The predicted molar refractivity (Wildman–Crippen MR) is 88.4 cm³/mol. The summed E-state index contributed by atoms with van der Waals surface area (Å²) in [6.07, 6.45) is 0. The maximum absolute atomic E-state index is 12.1. The maximum atomic E-state index is 12.1. The summed E-state index contributed by atoms with van der Waals surface area (Å²) in [5.41, 5.74) is 8.02. The summed E-state index contributed by atoms with van der Waals surface area (Å²) in [5, 5.41) is 2.82. The van der Waals surface area contributed by atoms with E-state index >= 15 is 0 Å². The Balaban J connectivity index is 0.00000147. The third-order valence-electron chi connectivity index (χ3n) is 3.16. The van der Waals surface area contributed by atoms with Gasteiger partial charge < -0.3 is 11.1 Å². The van der Waals surface area contributed by atoms with Crippen LogP contribution in [0.3, 0.4) is 0 Å². The van der Waals surface area contributed by atoms with E-state index in [-0.39, 0.29) is 28.1 Å². The molecular formula is C15H15BrN2OS. The average molecular weight is 351 g/mol. The number of carbonyl (C=O) groups excluding carboxylic acids is 1. The monoisotopic (exact) mass is 350 g/mol. The van der Waals surface area contributed by atoms with Crippen molar-refractivity contribution in [2.75, 3.05) is 5.32 Å². The number of nitrogens with two attached hydrogens (primary N) is 1. The second-order valence-corrected chi connectivity index (χ2v) is 5.64. The van der Waals surface area contributed by atoms with Gasteiger partial charge in [-0.1, -0.05) is 42.5 Å². The fraction of sp³-hybridized carbons (Fsp3) is 0.133. The van der Waals surface area contributed by atoms with E-state index in [1.165, 1.54) is 0 Å². The van der Waals surface area contributed by atoms with Gasteiger partial charge in [0.15, 0.2) is 0 Å². The molecule has 2 aromatic carbocycles. The molecule has 1 aliphatic rings. The number of rotatable bonds is 1. The summed E-state index contributed by atoms with van der Waals surface area (Å²) in [7, 11) is 0. The number of fused-ring (bicyclic) bond motifs is 1. The van der Waals surface area contributed by atoms with Crippen molar-refractivity contribution in [3.8, 4) is 0 Å². The van der Waals surface area contributed by atoms with E-state index in [2.05, 4.69) is 5.32 Å². The SMILES string of the molecule is Br.N[C@H]1C(=O)Nc2ccccc2S[C@H]1c1ccccc1. The number of halogens is 1. The summed E-state index contributed by atoms with van der Waals surface area (Å²) in [6.45, 7) is 0. The van der Waals surface area contributed by atoms with Gasteiger partial charge in [0.1, 0.15) is 6.04 Å². The van der Waals surface area contributed by atoms with E-state index in [9.17, 15) is 4.79 Å². The normalized spacial score (nSPS) is 21.1. The number of hydrogen-bond acceptors (Lipinski definition) is 3. The topological polar surface area (TPSA) is 55.1 Å². The van der Waals surface area contributed by atoms with Crippen LogP contribution in [0.5, 0.6) is 0 Å². The molecule has 0 bridgehead atoms. The lowest BCUT2D eigenvalue weighted by atomic mass is 10.1. The number of nitrogens with one attached hydrogen (secondary N) is 1. The molecule has 1 heterocycles. The molecule has 0 radical (unpaired) electrons. The molecule has 5 heteroatoms. The van der Waals surface area contributed by atoms with Crippen LogP contribution < -0.4 is 11.1 Å². The van der Waals surface area contributed by atoms with Gasteiger partial charge in [-0.2, -0.15) is 0 Å². The van der Waals surface area contributed by atoms with Crippen LogP contribution in [0.1, 0.15) is 10.8 Å². The third-order valence-corrected chi connectivity index (χ3v) is 4.59. The highest BCUT2D eigenvalue weighted by Gasteiger charge is 2.31. The molecule has 1 amide bonds. The van der Waals surface area contributed by atoms with Gasteiger partial charge >= 0.3 is 0 Å². The minimum atomic E-state index is -0.556. The first-order valence-corrected chi connectivity index (χ1v) is 7.01. The molecule has 20 heavy (non-hydrogen) atoms. The highest BCUT2D eigenvalue weighted by atomic mass is 79.9. The van der Waals surface area contributed by atoms with Crippen molar-refractivity contribution in [1.29, 1.82) is 0 Å². The lowest BCUT2D eigenvalue weighted by Gasteiger charge is -2.19. The van der Waals surface area contributed by atoms with E-state index < -0.39 is 6.04 Å². The molecular weight excluding hydrogens is 336 g/mol. The van der Waals surface area contributed by atoms with Gasteiger partial charge in [-0.05, 0) is 17.7 Å². The number of amides is 1. The number of carbonyl (C=O) groups is 1. The van der Waals surface area contributed by atoms with E-state index in [1.54, 1.807) is 11.8 Å². The van der Waals surface area contributed by atoms with Crippen LogP contribution in [0, 0.1) is 0 Å². The van der Waals surface area contributed by atoms with Crippen molar-refractivity contribution in [3.05, 3.63) is 60.2 Å². The standard InChI is InChI=1S/C15H14N2OS.BrH/c16-13-14(10-6-2-1-3-7-10)19-12-9-5-4-8-11(12)17-15(13)18;/h1-9,13-14H,16H2,(H,17,18);1H/t13-,14+;/m1./s1. The van der Waals surface area contributed by atoms with Gasteiger partial charge in [-0.3, -0.25) is 4.79 Å². The van der Waals surface area contributed by atoms with Crippen LogP contribution in [0.4, 0.5) is 5.69 Å². The summed E-state index contributed by atoms with van der Waals surface area (Å²) < 4.78 is 0. The summed E-state index contributed by atoms with van der Waals surface area (Å²) in [6, 6.07) is 17.2. The number of thioether (sulfide) groups is 1. The molecule has 0 aliphatic carbocycles. The largest absolute Gasteiger partial charge is 0.324 e. The predicted octanol–water partition coefficient (Wildman–Crippen LogP) is 3.38. The first-order chi connectivity index (χ1) is 9.25. The molecule has 104 valence electrons. The van der Waals surface area contributed by atoms with Gasteiger partial charge in [-0.25, -0.2) is 0 Å². The van der Waals surface area contributed by atoms with Crippen molar-refractivity contribution in [3.63, 3.8) is 0 Å². The number of anilines is 1. The highest BCUT2D eigenvalue weighted by Crippen LogP contribution is 2.42. The Morgan fingerprint density at radius 3 is 2.40 bits per heavy atom. The lowest BCUT2D eigenvalue weighted by Crippen LogP contribution is -2.38. The molecule has 0 fully saturated rings. The van der Waals surface area contributed by atoms with Crippen LogP contribution in [0.25, 0.3) is 0 Å². The van der Waals surface area contributed by atoms with Crippen LogP contribution in [0.2, 0.25) is 0 Å². The Hall–Kier alpha value is -1.30. The first-order valence-electron chi connectivity index (χ1n) is 6.13. The highest BCUT2D eigenvalue weighted by molar-refractivity contribution is 8.93. The van der Waals surface area contributed by atoms with Crippen molar-refractivity contribution >= 4 is 40.3 Å². The van der Waals surface area contributed by atoms with Gasteiger partial charge in [0, 0.05) is 4.90 Å². The molecule has 0 spiro atoms. The Morgan fingerprint density at radius 1 is 1.00 bits per heavy atom. The lowest BCUT2D eigenvalue weighted by molar-refractivity contribution is -0.117. The van der Waals surface area contributed by atoms with Crippen molar-refractivity contribution in [1.82, 2.24) is 0 Å². The molecule has 0 unspecified atom stereocenters. The smallest absolute Gasteiger partial charge is 0.242 e. The van der Waals surface area contributed by atoms with Crippen LogP contribution in [-0.4, -0.2) is 11.9 Å². The minimum absolute atomic E-state index is 0. The van der Waals surface area contributed by atoms with E-state index in [4.69, 9.17) is 5.73 Å². The van der Waals surface area contributed by atoms with Crippen molar-refractivity contribution in [2.24, 2.45) is 5.73 Å². The van der Waals surface area contributed by atoms with E-state index in [0.29, 0.717) is 0 Å². The minimum Gasteiger partial charge on any atom is -0.324 e. The number of para-hydroxylation sites is 1. The quantitative estimate of drug-likeness (QED) is 0.828. The molecule has 2 atom stereocenters. The van der Waals surface area contributed by atoms with E-state index in [0.717, 1.165) is 16.1 Å². The zero-order valence-corrected chi connectivity index (χ0v) is 13.2. The fourth-order valence-corrected chi connectivity index (χ4v) is 3.39. The molecule has 3 nitrogen and oxygen atoms in total. The summed E-state index contributed by atoms with van der Waals surface area (Å²) >= 11 is 1.63. The van der Waals surface area contributed by atoms with Crippen molar-refractivity contribution < 1.29 is 4.79 Å². The van der Waals surface area contributed by atoms with Crippen LogP contribution in [-0.2, 0) is 4.79 Å². The summed E-state index contributed by atoms with van der Waals surface area (Å²) in [5.74, 6) is -0.133. The molecule has 2 aromatic rings. The van der Waals surface area contributed by atoms with E-state index in [1.807, 2.05) is 54.6 Å². The molecule has 1 aliphatic heterocycles. The Bertz CT molecular complexity index is 606. The van der Waals surface area contributed by atoms with Gasteiger partial charge in [-0.15, -0.1) is 28.7 Å².